The maximum Gasteiger partial charge on any atom is 0.272 e. The summed E-state index contributed by atoms with van der Waals surface area (Å²) in [5.74, 6) is -0.269. The Morgan fingerprint density at radius 1 is 1.20 bits per heavy atom. The largest absolute Gasteiger partial charge is 0.494 e. The minimum atomic E-state index is -0.657. The Bertz CT molecular complexity index is 965. The zero-order valence-corrected chi connectivity index (χ0v) is 14.2. The van der Waals surface area contributed by atoms with Crippen LogP contribution in [0.15, 0.2) is 42.5 Å². The number of benzene rings is 2. The molecule has 6 nitrogen and oxygen atoms in total. The second-order valence-electron chi connectivity index (χ2n) is 5.38. The van der Waals surface area contributed by atoms with Gasteiger partial charge in [0.2, 0.25) is 5.91 Å². The minimum Gasteiger partial charge on any atom is -0.494 e. The molecule has 0 saturated carbocycles. The van der Waals surface area contributed by atoms with Gasteiger partial charge in [-0.2, -0.15) is 0 Å². The van der Waals surface area contributed by atoms with Crippen LogP contribution in [-0.4, -0.2) is 23.4 Å². The van der Waals surface area contributed by atoms with Gasteiger partial charge in [-0.3, -0.25) is 9.59 Å². The van der Waals surface area contributed by atoms with Crippen molar-refractivity contribution >= 4 is 40.0 Å². The van der Waals surface area contributed by atoms with Crippen LogP contribution < -0.4 is 15.8 Å². The molecule has 0 spiro atoms. The number of carbonyl (C=O) groups is 2. The molecule has 2 amide bonds. The van der Waals surface area contributed by atoms with Crippen LogP contribution in [0, 0.1) is 0 Å². The van der Waals surface area contributed by atoms with Crippen LogP contribution in [-0.2, 0) is 0 Å². The number of carbonyl (C=O) groups excluding carboxylic acids is 2. The summed E-state index contributed by atoms with van der Waals surface area (Å²) in [5, 5.41) is 3.84. The van der Waals surface area contributed by atoms with Gasteiger partial charge in [0.1, 0.15) is 11.4 Å². The lowest BCUT2D eigenvalue weighted by molar-refractivity contribution is 0.0995. The van der Waals surface area contributed by atoms with Crippen LogP contribution in [0.3, 0.4) is 0 Å². The molecule has 0 saturated heterocycles. The van der Waals surface area contributed by atoms with Crippen molar-refractivity contribution in [2.45, 2.75) is 6.92 Å². The van der Waals surface area contributed by atoms with Gasteiger partial charge in [0, 0.05) is 22.7 Å². The lowest BCUT2D eigenvalue weighted by atomic mass is 10.2. The molecule has 2 aromatic carbocycles. The summed E-state index contributed by atoms with van der Waals surface area (Å²) in [6, 6.07) is 11.9. The first kappa shape index (κ1) is 16.9. The van der Waals surface area contributed by atoms with E-state index in [-0.39, 0.29) is 16.5 Å². The number of H-pyrrole nitrogens is 1. The highest BCUT2D eigenvalue weighted by Gasteiger charge is 2.13. The molecule has 0 aliphatic carbocycles. The summed E-state index contributed by atoms with van der Waals surface area (Å²) in [7, 11) is 0. The van der Waals surface area contributed by atoms with Crippen molar-refractivity contribution in [2.75, 3.05) is 11.9 Å². The molecule has 0 atom stereocenters. The van der Waals surface area contributed by atoms with Crippen LogP contribution in [0.1, 0.15) is 27.8 Å². The lowest BCUT2D eigenvalue weighted by Gasteiger charge is -2.06. The molecule has 0 bridgehead atoms. The van der Waals surface area contributed by atoms with Crippen molar-refractivity contribution in [1.82, 2.24) is 4.98 Å². The molecule has 7 heteroatoms. The van der Waals surface area contributed by atoms with Crippen molar-refractivity contribution in [3.8, 4) is 5.75 Å². The Hall–Kier alpha value is -2.99. The van der Waals surface area contributed by atoms with Crippen molar-refractivity contribution in [3.63, 3.8) is 0 Å². The summed E-state index contributed by atoms with van der Waals surface area (Å²) < 4.78 is 5.45. The number of anilines is 1. The third-order valence-electron chi connectivity index (χ3n) is 3.64. The second-order valence-corrected chi connectivity index (χ2v) is 5.79. The zero-order valence-electron chi connectivity index (χ0n) is 13.4. The smallest absolute Gasteiger partial charge is 0.272 e. The Balaban J connectivity index is 1.85. The molecule has 3 aromatic rings. The van der Waals surface area contributed by atoms with E-state index in [1.54, 1.807) is 12.1 Å². The number of nitrogens with two attached hydrogens (primary N) is 1. The van der Waals surface area contributed by atoms with Gasteiger partial charge in [-0.05, 0) is 43.3 Å². The number of aromatic amines is 1. The van der Waals surface area contributed by atoms with Gasteiger partial charge in [-0.1, -0.05) is 11.6 Å². The normalized spacial score (nSPS) is 10.6. The average Bonchev–Trinajstić information content (AvgIpc) is 3.00. The summed E-state index contributed by atoms with van der Waals surface area (Å²) >= 11 is 5.91. The van der Waals surface area contributed by atoms with E-state index >= 15 is 0 Å². The monoisotopic (exact) mass is 357 g/mol. The molecular formula is C18H16ClN3O3. The third kappa shape index (κ3) is 3.59. The van der Waals surface area contributed by atoms with Crippen molar-refractivity contribution in [2.24, 2.45) is 5.73 Å². The maximum absolute atomic E-state index is 12.4. The summed E-state index contributed by atoms with van der Waals surface area (Å²) in [5.41, 5.74) is 7.02. The number of amides is 2. The van der Waals surface area contributed by atoms with Crippen molar-refractivity contribution in [1.29, 1.82) is 0 Å². The minimum absolute atomic E-state index is 0.150. The van der Waals surface area contributed by atoms with Crippen molar-refractivity contribution in [3.05, 3.63) is 58.7 Å². The van der Waals surface area contributed by atoms with E-state index in [1.165, 1.54) is 12.1 Å². The molecule has 0 radical (unpaired) electrons. The van der Waals surface area contributed by atoms with E-state index in [1.807, 2.05) is 25.1 Å². The first-order chi connectivity index (χ1) is 12.0. The molecule has 0 unspecified atom stereocenters. The van der Waals surface area contributed by atoms with Crippen LogP contribution in [0.2, 0.25) is 5.02 Å². The van der Waals surface area contributed by atoms with E-state index in [4.69, 9.17) is 22.1 Å². The predicted octanol–water partition coefficient (Wildman–Crippen LogP) is 3.57. The average molecular weight is 358 g/mol. The second kappa shape index (κ2) is 6.86. The third-order valence-corrected chi connectivity index (χ3v) is 3.97. The Morgan fingerprint density at radius 2 is 2.00 bits per heavy atom. The molecule has 0 aliphatic heterocycles. The van der Waals surface area contributed by atoms with Gasteiger partial charge in [0.25, 0.3) is 5.91 Å². The number of hydrogen-bond donors (Lipinski definition) is 3. The van der Waals surface area contributed by atoms with E-state index in [9.17, 15) is 9.59 Å². The highest BCUT2D eigenvalue weighted by atomic mass is 35.5. The maximum atomic E-state index is 12.4. The first-order valence-electron chi connectivity index (χ1n) is 7.64. The number of rotatable bonds is 5. The van der Waals surface area contributed by atoms with Gasteiger partial charge in [0.15, 0.2) is 0 Å². The Morgan fingerprint density at radius 3 is 2.72 bits per heavy atom. The first-order valence-corrected chi connectivity index (χ1v) is 8.02. The summed E-state index contributed by atoms with van der Waals surface area (Å²) in [4.78, 5) is 26.8. The summed E-state index contributed by atoms with van der Waals surface area (Å²) in [6.45, 7) is 2.47. The lowest BCUT2D eigenvalue weighted by Crippen LogP contribution is -2.15. The van der Waals surface area contributed by atoms with Gasteiger partial charge < -0.3 is 20.8 Å². The Kier molecular flexibility index (Phi) is 4.63. The molecule has 128 valence electrons. The van der Waals surface area contributed by atoms with Crippen LogP contribution in [0.5, 0.6) is 5.75 Å². The highest BCUT2D eigenvalue weighted by Crippen LogP contribution is 2.23. The van der Waals surface area contributed by atoms with E-state index in [2.05, 4.69) is 10.3 Å². The van der Waals surface area contributed by atoms with Gasteiger partial charge >= 0.3 is 0 Å². The molecule has 25 heavy (non-hydrogen) atoms. The quantitative estimate of drug-likeness (QED) is 0.651. The molecule has 1 heterocycles. The molecular weight excluding hydrogens is 342 g/mol. The van der Waals surface area contributed by atoms with E-state index < -0.39 is 5.91 Å². The van der Waals surface area contributed by atoms with Gasteiger partial charge in [0.05, 0.1) is 17.2 Å². The predicted molar refractivity (Wildman–Crippen MR) is 97.4 cm³/mol. The topological polar surface area (TPSA) is 97.2 Å². The van der Waals surface area contributed by atoms with Gasteiger partial charge in [-0.15, -0.1) is 0 Å². The van der Waals surface area contributed by atoms with Crippen LogP contribution in [0.4, 0.5) is 5.69 Å². The fourth-order valence-electron chi connectivity index (χ4n) is 2.48. The highest BCUT2D eigenvalue weighted by molar-refractivity contribution is 6.34. The van der Waals surface area contributed by atoms with Gasteiger partial charge in [-0.25, -0.2) is 0 Å². The number of nitrogens with one attached hydrogen (secondary N) is 2. The van der Waals surface area contributed by atoms with Crippen LogP contribution in [0.25, 0.3) is 10.9 Å². The Labute approximate surface area is 148 Å². The van der Waals surface area contributed by atoms with Crippen LogP contribution >= 0.6 is 11.6 Å². The molecule has 0 aliphatic rings. The van der Waals surface area contributed by atoms with E-state index in [0.717, 1.165) is 16.7 Å². The standard InChI is InChI=1S/C18H16ClN3O3/c1-2-25-12-5-3-10-7-16(22-15(10)9-12)18(24)21-11-4-6-14(19)13(8-11)17(20)23/h3-9,22H,2H2,1H3,(H2,20,23)(H,21,24). The fourth-order valence-corrected chi connectivity index (χ4v) is 2.69. The number of hydrogen-bond acceptors (Lipinski definition) is 3. The number of ether oxygens (including phenoxy) is 1. The molecule has 4 N–H and O–H groups in total. The molecule has 0 fully saturated rings. The SMILES string of the molecule is CCOc1ccc2cc(C(=O)Nc3ccc(Cl)c(C(N)=O)c3)[nH]c2c1. The fraction of sp³-hybridized carbons (Fsp3) is 0.111. The van der Waals surface area contributed by atoms with Crippen molar-refractivity contribution < 1.29 is 14.3 Å². The van der Waals surface area contributed by atoms with E-state index in [0.29, 0.717) is 18.0 Å². The molecule has 1 aromatic heterocycles. The summed E-state index contributed by atoms with van der Waals surface area (Å²) in [6.07, 6.45) is 0. The number of fused-ring (bicyclic) bond motifs is 1. The number of aromatic nitrogens is 1. The zero-order chi connectivity index (χ0) is 18.0. The number of halogens is 1. The molecule has 3 rings (SSSR count). The number of primary amides is 1.